The predicted octanol–water partition coefficient (Wildman–Crippen LogP) is 0.763. The van der Waals surface area contributed by atoms with E-state index in [-0.39, 0.29) is 0 Å². The summed E-state index contributed by atoms with van der Waals surface area (Å²) in [7, 11) is 4.34. The van der Waals surface area contributed by atoms with Crippen LogP contribution >= 0.6 is 0 Å². The van der Waals surface area contributed by atoms with E-state index in [4.69, 9.17) is 0 Å². The van der Waals surface area contributed by atoms with E-state index in [1.807, 2.05) is 0 Å². The second-order valence-electron chi connectivity index (χ2n) is 5.28. The van der Waals surface area contributed by atoms with E-state index in [1.54, 1.807) is 0 Å². The van der Waals surface area contributed by atoms with E-state index >= 15 is 0 Å². The average Bonchev–Trinajstić information content (AvgIpc) is 2.70. The zero-order valence-electron chi connectivity index (χ0n) is 10.4. The number of hydrogen-bond donors (Lipinski definition) is 1. The maximum atomic E-state index is 3.42. The van der Waals surface area contributed by atoms with Gasteiger partial charge in [-0.25, -0.2) is 0 Å². The van der Waals surface area contributed by atoms with Crippen molar-refractivity contribution >= 4 is 0 Å². The van der Waals surface area contributed by atoms with Gasteiger partial charge >= 0.3 is 0 Å². The first kappa shape index (κ1) is 11.4. The van der Waals surface area contributed by atoms with Crippen LogP contribution in [-0.4, -0.2) is 61.7 Å². The van der Waals surface area contributed by atoms with Crippen molar-refractivity contribution in [2.75, 3.05) is 33.7 Å². The Balaban J connectivity index is 1.84. The average molecular weight is 211 g/mol. The van der Waals surface area contributed by atoms with Crippen LogP contribution in [-0.2, 0) is 0 Å². The Kier molecular flexibility index (Phi) is 3.65. The minimum Gasteiger partial charge on any atom is -0.317 e. The molecule has 3 unspecified atom stereocenters. The van der Waals surface area contributed by atoms with Gasteiger partial charge in [0.05, 0.1) is 0 Å². The highest BCUT2D eigenvalue weighted by atomic mass is 15.3. The minimum atomic E-state index is 0.729. The highest BCUT2D eigenvalue weighted by Crippen LogP contribution is 2.25. The Morgan fingerprint density at radius 3 is 2.60 bits per heavy atom. The Labute approximate surface area is 93.8 Å². The number of nitrogens with zero attached hydrogens (tertiary/aromatic N) is 2. The third kappa shape index (κ3) is 2.52. The summed E-state index contributed by atoms with van der Waals surface area (Å²) in [6.07, 6.45) is 4.11. The van der Waals surface area contributed by atoms with E-state index in [2.05, 4.69) is 36.1 Å². The van der Waals surface area contributed by atoms with Crippen molar-refractivity contribution in [1.29, 1.82) is 0 Å². The summed E-state index contributed by atoms with van der Waals surface area (Å²) >= 11 is 0. The first-order valence-electron chi connectivity index (χ1n) is 6.32. The lowest BCUT2D eigenvalue weighted by atomic mass is 10.1. The Bertz CT molecular complexity index is 207. The molecule has 1 saturated heterocycles. The molecule has 88 valence electrons. The van der Waals surface area contributed by atoms with E-state index in [0.29, 0.717) is 0 Å². The van der Waals surface area contributed by atoms with E-state index in [9.17, 15) is 0 Å². The molecule has 2 fully saturated rings. The summed E-state index contributed by atoms with van der Waals surface area (Å²) in [6.45, 7) is 6.11. The third-order valence-electron chi connectivity index (χ3n) is 4.32. The fourth-order valence-corrected chi connectivity index (χ4v) is 2.96. The highest BCUT2D eigenvalue weighted by molar-refractivity contribution is 4.89. The first-order valence-corrected chi connectivity index (χ1v) is 6.32. The molecule has 1 N–H and O–H groups in total. The van der Waals surface area contributed by atoms with Crippen LogP contribution in [0, 0.1) is 0 Å². The van der Waals surface area contributed by atoms with Crippen LogP contribution in [0.3, 0.4) is 0 Å². The molecule has 0 spiro atoms. The summed E-state index contributed by atoms with van der Waals surface area (Å²) < 4.78 is 0. The van der Waals surface area contributed by atoms with Gasteiger partial charge in [-0.2, -0.15) is 0 Å². The van der Waals surface area contributed by atoms with Crippen LogP contribution in [0.2, 0.25) is 0 Å². The molecule has 0 aromatic carbocycles. The zero-order chi connectivity index (χ0) is 10.8. The van der Waals surface area contributed by atoms with Gasteiger partial charge in [-0.3, -0.25) is 4.90 Å². The van der Waals surface area contributed by atoms with Gasteiger partial charge in [0.25, 0.3) is 0 Å². The van der Waals surface area contributed by atoms with Crippen molar-refractivity contribution in [3.63, 3.8) is 0 Å². The monoisotopic (exact) mass is 211 g/mol. The Morgan fingerprint density at radius 1 is 1.20 bits per heavy atom. The summed E-state index contributed by atoms with van der Waals surface area (Å²) in [4.78, 5) is 5.18. The van der Waals surface area contributed by atoms with Crippen molar-refractivity contribution in [2.45, 2.75) is 44.3 Å². The molecule has 1 saturated carbocycles. The van der Waals surface area contributed by atoms with Crippen molar-refractivity contribution < 1.29 is 0 Å². The maximum Gasteiger partial charge on any atom is 0.0192 e. The van der Waals surface area contributed by atoms with Crippen molar-refractivity contribution in [3.05, 3.63) is 0 Å². The second-order valence-corrected chi connectivity index (χ2v) is 5.28. The molecule has 0 aromatic heterocycles. The van der Waals surface area contributed by atoms with Crippen molar-refractivity contribution in [2.24, 2.45) is 0 Å². The largest absolute Gasteiger partial charge is 0.317 e. The van der Waals surface area contributed by atoms with Gasteiger partial charge in [0.15, 0.2) is 0 Å². The maximum absolute atomic E-state index is 3.42. The normalized spacial score (nSPS) is 39.8. The van der Waals surface area contributed by atoms with Crippen LogP contribution in [0.25, 0.3) is 0 Å². The van der Waals surface area contributed by atoms with Crippen LogP contribution in [0.1, 0.15) is 26.2 Å². The smallest absolute Gasteiger partial charge is 0.0192 e. The predicted molar refractivity (Wildman–Crippen MR) is 64.2 cm³/mol. The summed E-state index contributed by atoms with van der Waals surface area (Å²) in [6, 6.07) is 2.34. The standard InChI is InChI=1S/C12H25N3/c1-10-9-15(7-6-14(10)3)12-5-4-11(8-12)13-2/h10-13H,4-9H2,1-3H3. The molecular weight excluding hydrogens is 186 g/mol. The topological polar surface area (TPSA) is 18.5 Å². The number of nitrogens with one attached hydrogen (secondary N) is 1. The van der Waals surface area contributed by atoms with Crippen molar-refractivity contribution in [1.82, 2.24) is 15.1 Å². The van der Waals surface area contributed by atoms with Gasteiger partial charge in [-0.1, -0.05) is 0 Å². The molecule has 3 heteroatoms. The molecule has 0 amide bonds. The molecule has 2 aliphatic rings. The molecule has 15 heavy (non-hydrogen) atoms. The first-order chi connectivity index (χ1) is 7.20. The van der Waals surface area contributed by atoms with Gasteiger partial charge in [0.1, 0.15) is 0 Å². The quantitative estimate of drug-likeness (QED) is 0.727. The number of hydrogen-bond acceptors (Lipinski definition) is 3. The molecule has 3 atom stereocenters. The summed E-state index contributed by atoms with van der Waals surface area (Å²) in [5, 5.41) is 3.42. The fraction of sp³-hybridized carbons (Fsp3) is 1.00. The lowest BCUT2D eigenvalue weighted by Crippen LogP contribution is -2.53. The molecule has 3 nitrogen and oxygen atoms in total. The third-order valence-corrected chi connectivity index (χ3v) is 4.32. The van der Waals surface area contributed by atoms with E-state index in [1.165, 1.54) is 38.9 Å². The molecule has 2 rings (SSSR count). The van der Waals surface area contributed by atoms with Gasteiger partial charge in [-0.05, 0) is 40.3 Å². The molecule has 1 aliphatic heterocycles. The van der Waals surface area contributed by atoms with Crippen LogP contribution in [0.5, 0.6) is 0 Å². The van der Waals surface area contributed by atoms with Gasteiger partial charge < -0.3 is 10.2 Å². The number of likely N-dealkylation sites (N-methyl/N-ethyl adjacent to an activating group) is 1. The molecule has 1 heterocycles. The molecule has 0 bridgehead atoms. The lowest BCUT2D eigenvalue weighted by Gasteiger charge is -2.40. The second kappa shape index (κ2) is 4.81. The molecule has 0 radical (unpaired) electrons. The molecular formula is C12H25N3. The summed E-state index contributed by atoms with van der Waals surface area (Å²) in [5.41, 5.74) is 0. The Hall–Kier alpha value is -0.120. The Morgan fingerprint density at radius 2 is 2.00 bits per heavy atom. The van der Waals surface area contributed by atoms with Gasteiger partial charge in [0, 0.05) is 37.8 Å². The lowest BCUT2D eigenvalue weighted by molar-refractivity contribution is 0.0731. The number of piperazine rings is 1. The fourth-order valence-electron chi connectivity index (χ4n) is 2.96. The summed E-state index contributed by atoms with van der Waals surface area (Å²) in [5.74, 6) is 0. The minimum absolute atomic E-state index is 0.729. The highest BCUT2D eigenvalue weighted by Gasteiger charge is 2.31. The molecule has 1 aliphatic carbocycles. The van der Waals surface area contributed by atoms with Crippen LogP contribution in [0.15, 0.2) is 0 Å². The molecule has 0 aromatic rings. The SMILES string of the molecule is CNC1CCC(N2CCN(C)C(C)C2)C1. The van der Waals surface area contributed by atoms with Crippen LogP contribution in [0.4, 0.5) is 0 Å². The van der Waals surface area contributed by atoms with Crippen LogP contribution < -0.4 is 5.32 Å². The van der Waals surface area contributed by atoms with Gasteiger partial charge in [-0.15, -0.1) is 0 Å². The number of rotatable bonds is 2. The van der Waals surface area contributed by atoms with Gasteiger partial charge in [0.2, 0.25) is 0 Å². The van der Waals surface area contributed by atoms with E-state index in [0.717, 1.165) is 18.1 Å². The van der Waals surface area contributed by atoms with Crippen molar-refractivity contribution in [3.8, 4) is 0 Å². The zero-order valence-corrected chi connectivity index (χ0v) is 10.4. The van der Waals surface area contributed by atoms with E-state index < -0.39 is 0 Å².